The minimum absolute atomic E-state index is 0.0492. The molecule has 0 radical (unpaired) electrons. The number of nitrogens with one attached hydrogen (secondary N) is 1. The molecule has 0 bridgehead atoms. The van der Waals surface area contributed by atoms with Crippen molar-refractivity contribution in [2.24, 2.45) is 0 Å². The fourth-order valence-corrected chi connectivity index (χ4v) is 3.39. The first kappa shape index (κ1) is 16.0. The van der Waals surface area contributed by atoms with Crippen molar-refractivity contribution in [3.05, 3.63) is 58.9 Å². The van der Waals surface area contributed by atoms with Gasteiger partial charge in [-0.3, -0.25) is 4.72 Å². The Hall–Kier alpha value is -2.41. The number of carboxylic acid groups (broad SMARTS) is 1. The summed E-state index contributed by atoms with van der Waals surface area (Å²) >= 11 is 0. The Labute approximate surface area is 127 Å². The molecule has 2 N–H and O–H groups in total. The fraction of sp³-hybridized carbons (Fsp3) is 0.133. The molecule has 2 aromatic carbocycles. The quantitative estimate of drug-likeness (QED) is 0.906. The van der Waals surface area contributed by atoms with Gasteiger partial charge in [0.15, 0.2) is 0 Å². The van der Waals surface area contributed by atoms with E-state index in [0.717, 1.165) is 23.8 Å². The van der Waals surface area contributed by atoms with Gasteiger partial charge in [-0.05, 0) is 49.2 Å². The fourth-order valence-electron chi connectivity index (χ4n) is 1.98. The lowest BCUT2D eigenvalue weighted by atomic mass is 10.2. The van der Waals surface area contributed by atoms with Gasteiger partial charge < -0.3 is 5.11 Å². The molecular weight excluding hydrogens is 309 g/mol. The highest BCUT2D eigenvalue weighted by Crippen LogP contribution is 2.23. The van der Waals surface area contributed by atoms with E-state index in [0.29, 0.717) is 5.56 Å². The first-order valence-corrected chi connectivity index (χ1v) is 7.82. The van der Waals surface area contributed by atoms with Gasteiger partial charge in [-0.15, -0.1) is 0 Å². The molecule has 2 aromatic rings. The van der Waals surface area contributed by atoms with Crippen molar-refractivity contribution in [1.29, 1.82) is 0 Å². The molecule has 0 aromatic heterocycles. The number of carboxylic acids is 1. The Balaban J connectivity index is 2.50. The predicted octanol–water partition coefficient (Wildman–Crippen LogP) is 2.94. The summed E-state index contributed by atoms with van der Waals surface area (Å²) in [4.78, 5) is 11.2. The van der Waals surface area contributed by atoms with Crippen LogP contribution in [0.1, 0.15) is 21.5 Å². The van der Waals surface area contributed by atoms with Crippen LogP contribution in [0.25, 0.3) is 0 Å². The molecule has 22 heavy (non-hydrogen) atoms. The molecule has 0 unspecified atom stereocenters. The average Bonchev–Trinajstić information content (AvgIpc) is 2.43. The van der Waals surface area contributed by atoms with Crippen LogP contribution in [0.4, 0.5) is 10.1 Å². The van der Waals surface area contributed by atoms with E-state index in [9.17, 15) is 17.6 Å². The second-order valence-electron chi connectivity index (χ2n) is 4.87. The third kappa shape index (κ3) is 3.25. The van der Waals surface area contributed by atoms with Gasteiger partial charge in [0.25, 0.3) is 10.0 Å². The predicted molar refractivity (Wildman–Crippen MR) is 80.1 cm³/mol. The average molecular weight is 323 g/mol. The molecule has 0 atom stereocenters. The maximum Gasteiger partial charge on any atom is 0.337 e. The van der Waals surface area contributed by atoms with Crippen LogP contribution < -0.4 is 4.72 Å². The Morgan fingerprint density at radius 1 is 1.14 bits per heavy atom. The van der Waals surface area contributed by atoms with E-state index >= 15 is 0 Å². The number of aromatic carboxylic acids is 1. The zero-order valence-electron chi connectivity index (χ0n) is 11.9. The van der Waals surface area contributed by atoms with Crippen molar-refractivity contribution in [1.82, 2.24) is 0 Å². The minimum atomic E-state index is -3.97. The van der Waals surface area contributed by atoms with Crippen molar-refractivity contribution in [2.45, 2.75) is 18.7 Å². The van der Waals surface area contributed by atoms with Gasteiger partial charge in [0.2, 0.25) is 0 Å². The van der Waals surface area contributed by atoms with Gasteiger partial charge in [-0.2, -0.15) is 0 Å². The van der Waals surface area contributed by atoms with Crippen molar-refractivity contribution in [3.63, 3.8) is 0 Å². The van der Waals surface area contributed by atoms with Crippen molar-refractivity contribution in [3.8, 4) is 0 Å². The van der Waals surface area contributed by atoms with Crippen LogP contribution in [0.3, 0.4) is 0 Å². The largest absolute Gasteiger partial charge is 0.478 e. The molecular formula is C15H14FNO4S. The summed E-state index contributed by atoms with van der Waals surface area (Å²) in [5.41, 5.74) is 0.643. The molecule has 2 rings (SSSR count). The van der Waals surface area contributed by atoms with E-state index in [4.69, 9.17) is 5.11 Å². The molecule has 7 heteroatoms. The van der Waals surface area contributed by atoms with Gasteiger partial charge in [0, 0.05) is 0 Å². The topological polar surface area (TPSA) is 83.5 Å². The first-order chi connectivity index (χ1) is 10.2. The zero-order chi connectivity index (χ0) is 16.5. The van der Waals surface area contributed by atoms with Crippen LogP contribution in [-0.2, 0) is 10.0 Å². The molecule has 0 heterocycles. The molecule has 0 saturated carbocycles. The number of aryl methyl sites for hydroxylation is 2. The second-order valence-corrected chi connectivity index (χ2v) is 6.52. The van der Waals surface area contributed by atoms with E-state index in [1.54, 1.807) is 26.0 Å². The number of halogens is 1. The highest BCUT2D eigenvalue weighted by Gasteiger charge is 2.20. The van der Waals surface area contributed by atoms with E-state index in [1.165, 1.54) is 6.07 Å². The number of sulfonamides is 1. The van der Waals surface area contributed by atoms with Crippen LogP contribution in [0.15, 0.2) is 41.3 Å². The first-order valence-electron chi connectivity index (χ1n) is 6.33. The molecule has 0 aliphatic carbocycles. The molecule has 0 aliphatic heterocycles. The lowest BCUT2D eigenvalue weighted by Crippen LogP contribution is -2.17. The van der Waals surface area contributed by atoms with E-state index in [-0.39, 0.29) is 10.6 Å². The maximum absolute atomic E-state index is 13.1. The van der Waals surface area contributed by atoms with Crippen LogP contribution in [0.2, 0.25) is 0 Å². The lowest BCUT2D eigenvalue weighted by molar-refractivity contribution is 0.0697. The van der Waals surface area contributed by atoms with E-state index in [1.807, 2.05) is 0 Å². The molecule has 0 spiro atoms. The maximum atomic E-state index is 13.1. The van der Waals surface area contributed by atoms with Crippen molar-refractivity contribution in [2.75, 3.05) is 4.72 Å². The Kier molecular flexibility index (Phi) is 4.18. The summed E-state index contributed by atoms with van der Waals surface area (Å²) in [6.07, 6.45) is 0. The number of rotatable bonds is 4. The van der Waals surface area contributed by atoms with Crippen LogP contribution >= 0.6 is 0 Å². The Bertz CT molecular complexity index is 847. The van der Waals surface area contributed by atoms with Gasteiger partial charge in [0.1, 0.15) is 5.82 Å². The third-order valence-electron chi connectivity index (χ3n) is 3.09. The van der Waals surface area contributed by atoms with Crippen LogP contribution in [0, 0.1) is 19.7 Å². The zero-order valence-corrected chi connectivity index (χ0v) is 12.7. The smallest absolute Gasteiger partial charge is 0.337 e. The standard InChI is InChI=1S/C15H14FNO4S/c1-9-3-4-10(2)14(7-9)22(20,21)17-13-6-5-11(16)8-12(13)15(18)19/h3-8,17H,1-2H3,(H,18,19). The number of anilines is 1. The highest BCUT2D eigenvalue weighted by molar-refractivity contribution is 7.92. The van der Waals surface area contributed by atoms with Crippen molar-refractivity contribution < 1.29 is 22.7 Å². The van der Waals surface area contributed by atoms with Crippen molar-refractivity contribution >= 4 is 21.7 Å². The SMILES string of the molecule is Cc1ccc(C)c(S(=O)(=O)Nc2ccc(F)cc2C(=O)O)c1. The van der Waals surface area contributed by atoms with Gasteiger partial charge in [0.05, 0.1) is 16.1 Å². The summed E-state index contributed by atoms with van der Waals surface area (Å²) < 4.78 is 40.2. The third-order valence-corrected chi connectivity index (χ3v) is 4.60. The summed E-state index contributed by atoms with van der Waals surface area (Å²) in [6, 6.07) is 7.77. The Morgan fingerprint density at radius 3 is 2.45 bits per heavy atom. The normalized spacial score (nSPS) is 11.2. The van der Waals surface area contributed by atoms with E-state index < -0.39 is 27.4 Å². The highest BCUT2D eigenvalue weighted by atomic mass is 32.2. The van der Waals surface area contributed by atoms with Gasteiger partial charge in [-0.1, -0.05) is 12.1 Å². The summed E-state index contributed by atoms with van der Waals surface area (Å²) in [6.45, 7) is 3.38. The summed E-state index contributed by atoms with van der Waals surface area (Å²) in [5.74, 6) is -2.18. The van der Waals surface area contributed by atoms with Gasteiger partial charge in [-0.25, -0.2) is 17.6 Å². The van der Waals surface area contributed by atoms with E-state index in [2.05, 4.69) is 4.72 Å². The number of carbonyl (C=O) groups is 1. The van der Waals surface area contributed by atoms with Crippen LogP contribution in [0.5, 0.6) is 0 Å². The summed E-state index contributed by atoms with van der Waals surface area (Å²) in [5, 5.41) is 9.05. The second kappa shape index (κ2) is 5.76. The molecule has 0 fully saturated rings. The summed E-state index contributed by atoms with van der Waals surface area (Å²) in [7, 11) is -3.97. The molecule has 0 saturated heterocycles. The minimum Gasteiger partial charge on any atom is -0.478 e. The Morgan fingerprint density at radius 2 is 1.82 bits per heavy atom. The number of hydrogen-bond donors (Lipinski definition) is 2. The molecule has 5 nitrogen and oxygen atoms in total. The molecule has 0 amide bonds. The molecule has 116 valence electrons. The van der Waals surface area contributed by atoms with Gasteiger partial charge >= 0.3 is 5.97 Å². The number of benzene rings is 2. The van der Waals surface area contributed by atoms with Crippen LogP contribution in [-0.4, -0.2) is 19.5 Å². The number of hydrogen-bond acceptors (Lipinski definition) is 3. The molecule has 0 aliphatic rings. The monoisotopic (exact) mass is 323 g/mol. The lowest BCUT2D eigenvalue weighted by Gasteiger charge is -2.13.